The molecule has 37 heavy (non-hydrogen) atoms. The summed E-state index contributed by atoms with van der Waals surface area (Å²) in [5.41, 5.74) is 1.25. The minimum atomic E-state index is -0.832. The molecule has 0 saturated carbocycles. The average Bonchev–Trinajstić information content (AvgIpc) is 3.20. The smallest absolute Gasteiger partial charge is 0.337 e. The second-order valence-corrected chi connectivity index (χ2v) is 8.92. The maximum absolute atomic E-state index is 13.3. The summed E-state index contributed by atoms with van der Waals surface area (Å²) in [4.78, 5) is 42.1. The Balaban J connectivity index is 1.53. The minimum absolute atomic E-state index is 0.0190. The lowest BCUT2D eigenvalue weighted by Crippen LogP contribution is -2.42. The van der Waals surface area contributed by atoms with Crippen molar-refractivity contribution in [3.05, 3.63) is 64.7 Å². The molecule has 0 unspecified atom stereocenters. The quantitative estimate of drug-likeness (QED) is 0.271. The van der Waals surface area contributed by atoms with Crippen LogP contribution in [0.3, 0.4) is 0 Å². The average molecular weight is 509 g/mol. The van der Waals surface area contributed by atoms with Crippen LogP contribution in [0.25, 0.3) is 5.76 Å². The molecular weight excluding hydrogens is 480 g/mol. The Bertz CT molecular complexity index is 1230. The summed E-state index contributed by atoms with van der Waals surface area (Å²) in [6.45, 7) is 4.33. The number of hydrogen-bond acceptors (Lipinski definition) is 9. The van der Waals surface area contributed by atoms with Crippen molar-refractivity contribution in [2.24, 2.45) is 0 Å². The highest BCUT2D eigenvalue weighted by Crippen LogP contribution is 2.41. The van der Waals surface area contributed by atoms with E-state index in [1.807, 2.05) is 0 Å². The van der Waals surface area contributed by atoms with Crippen molar-refractivity contribution >= 4 is 23.4 Å². The van der Waals surface area contributed by atoms with E-state index in [0.717, 1.165) is 13.1 Å². The van der Waals surface area contributed by atoms with Crippen LogP contribution in [0, 0.1) is 0 Å². The van der Waals surface area contributed by atoms with Gasteiger partial charge in [0, 0.05) is 31.7 Å². The largest absolute Gasteiger partial charge is 0.507 e. The molecule has 10 heteroatoms. The van der Waals surface area contributed by atoms with Crippen LogP contribution in [0.15, 0.2) is 48.0 Å². The SMILES string of the molecule is COC(=O)c1ccc([C@H]2/C(=C(\O)c3ccc4c(c3)OCCO4)C(=O)C(=O)N2CCN2CCOCC2)cc1. The lowest BCUT2D eigenvalue weighted by atomic mass is 9.94. The number of aliphatic hydroxyl groups excluding tert-OH is 1. The molecule has 5 rings (SSSR count). The maximum Gasteiger partial charge on any atom is 0.337 e. The highest BCUT2D eigenvalue weighted by Gasteiger charge is 2.46. The number of ketones is 1. The van der Waals surface area contributed by atoms with Crippen LogP contribution in [-0.4, -0.2) is 92.3 Å². The number of carbonyl (C=O) groups is 3. The normalized spacial score (nSPS) is 21.2. The van der Waals surface area contributed by atoms with Gasteiger partial charge >= 0.3 is 5.97 Å². The highest BCUT2D eigenvalue weighted by molar-refractivity contribution is 6.46. The third kappa shape index (κ3) is 4.90. The molecule has 2 fully saturated rings. The first-order valence-corrected chi connectivity index (χ1v) is 12.1. The van der Waals surface area contributed by atoms with E-state index in [4.69, 9.17) is 18.9 Å². The molecule has 0 bridgehead atoms. The summed E-state index contributed by atoms with van der Waals surface area (Å²) in [7, 11) is 1.30. The fourth-order valence-electron chi connectivity index (χ4n) is 4.80. The Kier molecular flexibility index (Phi) is 7.11. The summed E-state index contributed by atoms with van der Waals surface area (Å²) >= 11 is 0. The van der Waals surface area contributed by atoms with Crippen LogP contribution in [0.2, 0.25) is 0 Å². The molecule has 0 radical (unpaired) electrons. The first-order chi connectivity index (χ1) is 18.0. The van der Waals surface area contributed by atoms with E-state index in [0.29, 0.717) is 61.2 Å². The van der Waals surface area contributed by atoms with E-state index in [2.05, 4.69) is 4.90 Å². The summed E-state index contributed by atoms with van der Waals surface area (Å²) in [5, 5.41) is 11.3. The Morgan fingerprint density at radius 2 is 1.62 bits per heavy atom. The van der Waals surface area contributed by atoms with E-state index in [1.165, 1.54) is 12.0 Å². The number of methoxy groups -OCH3 is 1. The molecule has 0 aliphatic carbocycles. The molecule has 10 nitrogen and oxygen atoms in total. The number of rotatable bonds is 6. The molecule has 3 heterocycles. The molecular formula is C27H28N2O8. The van der Waals surface area contributed by atoms with E-state index in [-0.39, 0.29) is 17.9 Å². The van der Waals surface area contributed by atoms with Gasteiger partial charge in [0.2, 0.25) is 0 Å². The van der Waals surface area contributed by atoms with Gasteiger partial charge in [-0.1, -0.05) is 12.1 Å². The van der Waals surface area contributed by atoms with Gasteiger partial charge in [0.05, 0.1) is 37.5 Å². The van der Waals surface area contributed by atoms with Gasteiger partial charge in [-0.2, -0.15) is 0 Å². The lowest BCUT2D eigenvalue weighted by Gasteiger charge is -2.31. The molecule has 2 saturated heterocycles. The first-order valence-electron chi connectivity index (χ1n) is 12.1. The van der Waals surface area contributed by atoms with Gasteiger partial charge in [-0.25, -0.2) is 4.79 Å². The summed E-state index contributed by atoms with van der Waals surface area (Å²) in [6.07, 6.45) is 0. The Hall–Kier alpha value is -3.89. The Morgan fingerprint density at radius 3 is 2.32 bits per heavy atom. The Morgan fingerprint density at radius 1 is 0.946 bits per heavy atom. The zero-order valence-corrected chi connectivity index (χ0v) is 20.5. The molecule has 2 aromatic carbocycles. The zero-order chi connectivity index (χ0) is 25.9. The monoisotopic (exact) mass is 508 g/mol. The molecule has 0 aromatic heterocycles. The predicted molar refractivity (Wildman–Crippen MR) is 131 cm³/mol. The van der Waals surface area contributed by atoms with Gasteiger partial charge in [0.25, 0.3) is 11.7 Å². The van der Waals surface area contributed by atoms with Crippen molar-refractivity contribution in [2.45, 2.75) is 6.04 Å². The van der Waals surface area contributed by atoms with Crippen molar-refractivity contribution in [1.29, 1.82) is 0 Å². The Labute approximate surface area is 214 Å². The van der Waals surface area contributed by atoms with Crippen molar-refractivity contribution < 1.29 is 38.4 Å². The number of carbonyl (C=O) groups excluding carboxylic acids is 3. The van der Waals surface area contributed by atoms with Crippen LogP contribution in [0.4, 0.5) is 0 Å². The number of morpholine rings is 1. The molecule has 1 N–H and O–H groups in total. The molecule has 2 aromatic rings. The molecule has 3 aliphatic heterocycles. The minimum Gasteiger partial charge on any atom is -0.507 e. The van der Waals surface area contributed by atoms with Crippen LogP contribution in [0.5, 0.6) is 11.5 Å². The number of ether oxygens (including phenoxy) is 4. The van der Waals surface area contributed by atoms with Gasteiger partial charge in [-0.3, -0.25) is 14.5 Å². The zero-order valence-electron chi connectivity index (χ0n) is 20.5. The van der Waals surface area contributed by atoms with Crippen LogP contribution in [0.1, 0.15) is 27.5 Å². The number of aliphatic hydroxyl groups is 1. The fourth-order valence-corrected chi connectivity index (χ4v) is 4.80. The van der Waals surface area contributed by atoms with E-state index >= 15 is 0 Å². The van der Waals surface area contributed by atoms with Gasteiger partial charge in [0.15, 0.2) is 11.5 Å². The standard InChI is InChI=1S/C27H28N2O8/c1-34-27(33)18-4-2-17(3-5-18)23-22(24(30)19-6-7-20-21(16-19)37-15-14-36-20)25(31)26(32)29(23)9-8-28-10-12-35-13-11-28/h2-7,16,23,30H,8-15H2,1H3/b24-22+/t23-/m0/s1. The molecule has 1 atom stereocenters. The van der Waals surface area contributed by atoms with Crippen LogP contribution in [-0.2, 0) is 19.1 Å². The van der Waals surface area contributed by atoms with Gasteiger partial charge in [-0.05, 0) is 35.9 Å². The summed E-state index contributed by atoms with van der Waals surface area (Å²) < 4.78 is 21.4. The predicted octanol–water partition coefficient (Wildman–Crippen LogP) is 2.00. The molecule has 0 spiro atoms. The van der Waals surface area contributed by atoms with Crippen LogP contribution < -0.4 is 9.47 Å². The maximum atomic E-state index is 13.3. The summed E-state index contributed by atoms with van der Waals surface area (Å²) in [5.74, 6) is -1.25. The lowest BCUT2D eigenvalue weighted by molar-refractivity contribution is -0.140. The van der Waals surface area contributed by atoms with E-state index in [1.54, 1.807) is 42.5 Å². The number of amides is 1. The van der Waals surface area contributed by atoms with Crippen LogP contribution >= 0.6 is 0 Å². The topological polar surface area (TPSA) is 115 Å². The fraction of sp³-hybridized carbons (Fsp3) is 0.370. The van der Waals surface area contributed by atoms with E-state index in [9.17, 15) is 19.5 Å². The number of nitrogens with zero attached hydrogens (tertiary/aromatic N) is 2. The highest BCUT2D eigenvalue weighted by atomic mass is 16.6. The number of fused-ring (bicyclic) bond motifs is 1. The van der Waals surface area contributed by atoms with Crippen molar-refractivity contribution in [1.82, 2.24) is 9.80 Å². The third-order valence-corrected chi connectivity index (χ3v) is 6.76. The van der Waals surface area contributed by atoms with Gasteiger partial charge in [0.1, 0.15) is 19.0 Å². The first kappa shape index (κ1) is 24.8. The number of likely N-dealkylation sites (tertiary alicyclic amines) is 1. The van der Waals surface area contributed by atoms with Crippen molar-refractivity contribution in [2.75, 3.05) is 59.7 Å². The molecule has 3 aliphatic rings. The molecule has 194 valence electrons. The summed E-state index contributed by atoms with van der Waals surface area (Å²) in [6, 6.07) is 10.5. The van der Waals surface area contributed by atoms with Crippen molar-refractivity contribution in [3.8, 4) is 11.5 Å². The number of hydrogen-bond donors (Lipinski definition) is 1. The van der Waals surface area contributed by atoms with Gasteiger partial charge < -0.3 is 29.0 Å². The van der Waals surface area contributed by atoms with Gasteiger partial charge in [-0.15, -0.1) is 0 Å². The second kappa shape index (κ2) is 10.6. The van der Waals surface area contributed by atoms with Crippen molar-refractivity contribution in [3.63, 3.8) is 0 Å². The third-order valence-electron chi connectivity index (χ3n) is 6.76. The second-order valence-electron chi connectivity index (χ2n) is 8.92. The number of Topliss-reactive ketones (excluding diaryl/α,β-unsaturated/α-hetero) is 1. The number of benzene rings is 2. The number of esters is 1. The van der Waals surface area contributed by atoms with E-state index < -0.39 is 23.7 Å². The molecule has 1 amide bonds.